The topological polar surface area (TPSA) is 77.2 Å². The van der Waals surface area contributed by atoms with Gasteiger partial charge in [0.15, 0.2) is 5.96 Å². The van der Waals surface area contributed by atoms with Gasteiger partial charge in [-0.1, -0.05) is 35.5 Å². The maximum Gasteiger partial charge on any atom is 0.242 e. The number of rotatable bonds is 7. The highest BCUT2D eigenvalue weighted by atomic mass is 16.5. The number of aliphatic imine (C=N–C) groups is 1. The minimum Gasteiger partial charge on any atom is -0.364 e. The molecular weight excluding hydrogens is 368 g/mol. The highest BCUT2D eigenvalue weighted by Crippen LogP contribution is 2.08. The SMILES string of the molecule is CCN(Cc1ccccc1)C(=O)CNC(=NC)N1CCN(Cc2ccon2)CC1. The fourth-order valence-electron chi connectivity index (χ4n) is 3.44. The second kappa shape index (κ2) is 10.6. The minimum absolute atomic E-state index is 0.0715. The molecule has 3 rings (SSSR count). The van der Waals surface area contributed by atoms with Gasteiger partial charge in [-0.3, -0.25) is 14.7 Å². The van der Waals surface area contributed by atoms with Gasteiger partial charge >= 0.3 is 0 Å². The van der Waals surface area contributed by atoms with Gasteiger partial charge in [0.05, 0.1) is 12.2 Å². The fourth-order valence-corrected chi connectivity index (χ4v) is 3.44. The molecule has 0 atom stereocenters. The molecule has 0 unspecified atom stereocenters. The number of guanidine groups is 1. The van der Waals surface area contributed by atoms with Crippen molar-refractivity contribution in [3.05, 3.63) is 53.9 Å². The molecule has 1 aromatic carbocycles. The van der Waals surface area contributed by atoms with Crippen LogP contribution < -0.4 is 5.32 Å². The van der Waals surface area contributed by atoms with Crippen molar-refractivity contribution in [3.63, 3.8) is 0 Å². The highest BCUT2D eigenvalue weighted by molar-refractivity contribution is 5.86. The van der Waals surface area contributed by atoms with Gasteiger partial charge in [-0.05, 0) is 12.5 Å². The van der Waals surface area contributed by atoms with E-state index < -0.39 is 0 Å². The van der Waals surface area contributed by atoms with E-state index in [0.717, 1.165) is 49.9 Å². The zero-order valence-corrected chi connectivity index (χ0v) is 17.3. The van der Waals surface area contributed by atoms with Crippen LogP contribution in [0.2, 0.25) is 0 Å². The number of hydrogen-bond acceptors (Lipinski definition) is 5. The van der Waals surface area contributed by atoms with Crippen molar-refractivity contribution in [1.82, 2.24) is 25.2 Å². The Hall–Kier alpha value is -2.87. The molecule has 2 heterocycles. The van der Waals surface area contributed by atoms with Crippen molar-refractivity contribution < 1.29 is 9.32 Å². The molecule has 0 bridgehead atoms. The molecule has 1 N–H and O–H groups in total. The van der Waals surface area contributed by atoms with Crippen LogP contribution in [0, 0.1) is 0 Å². The average Bonchev–Trinajstić information content (AvgIpc) is 3.27. The number of hydrogen-bond donors (Lipinski definition) is 1. The van der Waals surface area contributed by atoms with Crippen LogP contribution in [0.3, 0.4) is 0 Å². The Kier molecular flexibility index (Phi) is 7.63. The van der Waals surface area contributed by atoms with Gasteiger partial charge in [0.25, 0.3) is 0 Å². The third-order valence-electron chi connectivity index (χ3n) is 5.11. The van der Waals surface area contributed by atoms with Crippen LogP contribution in [-0.2, 0) is 17.9 Å². The van der Waals surface area contributed by atoms with E-state index in [2.05, 4.69) is 25.3 Å². The third kappa shape index (κ3) is 6.05. The lowest BCUT2D eigenvalue weighted by molar-refractivity contribution is -0.130. The molecule has 0 aliphatic carbocycles. The van der Waals surface area contributed by atoms with Gasteiger partial charge in [-0.25, -0.2) is 0 Å². The maximum atomic E-state index is 12.7. The van der Waals surface area contributed by atoms with Crippen molar-refractivity contribution in [2.75, 3.05) is 46.3 Å². The van der Waals surface area contributed by atoms with Gasteiger partial charge in [0, 0.05) is 58.9 Å². The average molecular weight is 399 g/mol. The first-order chi connectivity index (χ1) is 14.2. The van der Waals surface area contributed by atoms with Crippen LogP contribution in [0.1, 0.15) is 18.2 Å². The van der Waals surface area contributed by atoms with Crippen LogP contribution in [0.15, 0.2) is 52.2 Å². The molecule has 0 radical (unpaired) electrons. The van der Waals surface area contributed by atoms with Gasteiger partial charge in [-0.15, -0.1) is 0 Å². The molecule has 1 saturated heterocycles. The Morgan fingerprint density at radius 3 is 2.59 bits per heavy atom. The summed E-state index contributed by atoms with van der Waals surface area (Å²) in [4.78, 5) is 23.4. The van der Waals surface area contributed by atoms with Crippen molar-refractivity contribution in [3.8, 4) is 0 Å². The van der Waals surface area contributed by atoms with Crippen LogP contribution in [-0.4, -0.2) is 78.0 Å². The Morgan fingerprint density at radius 2 is 1.97 bits per heavy atom. The monoisotopic (exact) mass is 398 g/mol. The summed E-state index contributed by atoms with van der Waals surface area (Å²) >= 11 is 0. The lowest BCUT2D eigenvalue weighted by Crippen LogP contribution is -2.53. The van der Waals surface area contributed by atoms with E-state index in [-0.39, 0.29) is 12.5 Å². The Balaban J connectivity index is 1.45. The van der Waals surface area contributed by atoms with E-state index in [9.17, 15) is 4.79 Å². The lowest BCUT2D eigenvalue weighted by Gasteiger charge is -2.36. The number of carbonyl (C=O) groups excluding carboxylic acids is 1. The molecule has 1 aromatic heterocycles. The molecule has 0 saturated carbocycles. The van der Waals surface area contributed by atoms with E-state index >= 15 is 0 Å². The summed E-state index contributed by atoms with van der Waals surface area (Å²) in [6.45, 7) is 7.87. The van der Waals surface area contributed by atoms with E-state index in [1.807, 2.05) is 48.2 Å². The second-order valence-electron chi connectivity index (χ2n) is 7.05. The number of piperazine rings is 1. The zero-order valence-electron chi connectivity index (χ0n) is 17.3. The first-order valence-corrected chi connectivity index (χ1v) is 10.1. The van der Waals surface area contributed by atoms with E-state index in [1.165, 1.54) is 0 Å². The van der Waals surface area contributed by atoms with Crippen molar-refractivity contribution >= 4 is 11.9 Å². The molecule has 1 aliphatic rings. The summed E-state index contributed by atoms with van der Waals surface area (Å²) in [5, 5.41) is 7.21. The quantitative estimate of drug-likeness (QED) is 0.561. The van der Waals surface area contributed by atoms with Gasteiger partial charge in [0.2, 0.25) is 5.91 Å². The molecular formula is C21H30N6O2. The molecule has 1 aliphatic heterocycles. The molecule has 2 aromatic rings. The number of carbonyl (C=O) groups is 1. The number of likely N-dealkylation sites (N-methyl/N-ethyl adjacent to an activating group) is 1. The number of amides is 1. The predicted octanol–water partition coefficient (Wildman–Crippen LogP) is 1.42. The molecule has 1 amide bonds. The van der Waals surface area contributed by atoms with Gasteiger partial charge < -0.3 is 19.6 Å². The Labute approximate surface area is 172 Å². The number of nitrogens with one attached hydrogen (secondary N) is 1. The molecule has 156 valence electrons. The van der Waals surface area contributed by atoms with Gasteiger partial charge in [-0.2, -0.15) is 0 Å². The highest BCUT2D eigenvalue weighted by Gasteiger charge is 2.21. The maximum absolute atomic E-state index is 12.7. The molecule has 1 fully saturated rings. The summed E-state index contributed by atoms with van der Waals surface area (Å²) in [5.74, 6) is 0.845. The summed E-state index contributed by atoms with van der Waals surface area (Å²) in [7, 11) is 1.76. The summed E-state index contributed by atoms with van der Waals surface area (Å²) in [6.07, 6.45) is 1.60. The number of benzene rings is 1. The Morgan fingerprint density at radius 1 is 1.21 bits per heavy atom. The summed E-state index contributed by atoms with van der Waals surface area (Å²) < 4.78 is 4.90. The van der Waals surface area contributed by atoms with Crippen LogP contribution in [0.5, 0.6) is 0 Å². The molecule has 8 nitrogen and oxygen atoms in total. The Bertz CT molecular complexity index is 770. The fraction of sp³-hybridized carbons (Fsp3) is 0.476. The molecule has 29 heavy (non-hydrogen) atoms. The number of nitrogens with zero attached hydrogens (tertiary/aromatic N) is 5. The largest absolute Gasteiger partial charge is 0.364 e. The predicted molar refractivity (Wildman–Crippen MR) is 112 cm³/mol. The van der Waals surface area contributed by atoms with Gasteiger partial charge in [0.1, 0.15) is 6.26 Å². The van der Waals surface area contributed by atoms with E-state index in [1.54, 1.807) is 13.3 Å². The zero-order chi connectivity index (χ0) is 20.5. The smallest absolute Gasteiger partial charge is 0.242 e. The summed E-state index contributed by atoms with van der Waals surface area (Å²) in [5.41, 5.74) is 2.08. The van der Waals surface area contributed by atoms with Crippen molar-refractivity contribution in [2.45, 2.75) is 20.0 Å². The normalized spacial score (nSPS) is 15.4. The standard InChI is InChI=1S/C21H30N6O2/c1-3-26(16-18-7-5-4-6-8-18)20(28)15-23-21(22-2)27-12-10-25(11-13-27)17-19-9-14-29-24-19/h4-9,14H,3,10-13,15-17H2,1-2H3,(H,22,23). The first kappa shape index (κ1) is 20.9. The molecule has 0 spiro atoms. The first-order valence-electron chi connectivity index (χ1n) is 10.1. The third-order valence-corrected chi connectivity index (χ3v) is 5.11. The summed E-state index contributed by atoms with van der Waals surface area (Å²) in [6, 6.07) is 12.0. The number of aromatic nitrogens is 1. The van der Waals surface area contributed by atoms with Crippen molar-refractivity contribution in [1.29, 1.82) is 0 Å². The minimum atomic E-state index is 0.0715. The van der Waals surface area contributed by atoms with Crippen LogP contribution in [0.25, 0.3) is 0 Å². The van der Waals surface area contributed by atoms with E-state index in [4.69, 9.17) is 4.52 Å². The van der Waals surface area contributed by atoms with E-state index in [0.29, 0.717) is 13.1 Å². The lowest BCUT2D eigenvalue weighted by atomic mass is 10.2. The second-order valence-corrected chi connectivity index (χ2v) is 7.05. The van der Waals surface area contributed by atoms with Crippen molar-refractivity contribution in [2.24, 2.45) is 4.99 Å². The van der Waals surface area contributed by atoms with Crippen LogP contribution >= 0.6 is 0 Å². The molecule has 8 heteroatoms. The van der Waals surface area contributed by atoms with Crippen LogP contribution in [0.4, 0.5) is 0 Å².